The number of rotatable bonds is 7. The van der Waals surface area contributed by atoms with Gasteiger partial charge < -0.3 is 10.0 Å². The Morgan fingerprint density at radius 2 is 1.75 bits per heavy atom. The maximum absolute atomic E-state index is 10.1. The third-order valence-corrected chi connectivity index (χ3v) is 3.50. The lowest BCUT2D eigenvalue weighted by atomic mass is 10.1. The van der Waals surface area contributed by atoms with Gasteiger partial charge in [0.1, 0.15) is 0 Å². The van der Waals surface area contributed by atoms with E-state index in [1.54, 1.807) is 0 Å². The Balaban J connectivity index is 1.71. The van der Waals surface area contributed by atoms with Crippen molar-refractivity contribution in [2.75, 3.05) is 20.1 Å². The zero-order valence-electron chi connectivity index (χ0n) is 11.9. The molecule has 1 N–H and O–H groups in total. The first-order valence-corrected chi connectivity index (χ1v) is 7.06. The highest BCUT2D eigenvalue weighted by atomic mass is 16.3. The highest BCUT2D eigenvalue weighted by Crippen LogP contribution is 2.16. The third-order valence-electron chi connectivity index (χ3n) is 3.50. The second kappa shape index (κ2) is 7.78. The van der Waals surface area contributed by atoms with Crippen LogP contribution < -0.4 is 0 Å². The van der Waals surface area contributed by atoms with Crippen molar-refractivity contribution >= 4 is 0 Å². The van der Waals surface area contributed by atoms with Crippen LogP contribution in [0.15, 0.2) is 54.9 Å². The smallest absolute Gasteiger partial charge is 0.0802 e. The number of aromatic nitrogens is 1. The Kier molecular flexibility index (Phi) is 5.71. The molecule has 0 aliphatic carbocycles. The average molecular weight is 270 g/mol. The molecule has 0 aliphatic heterocycles. The van der Waals surface area contributed by atoms with Crippen LogP contribution in [0.3, 0.4) is 0 Å². The molecule has 0 amide bonds. The van der Waals surface area contributed by atoms with E-state index in [0.717, 1.165) is 31.5 Å². The van der Waals surface area contributed by atoms with E-state index in [9.17, 15) is 5.11 Å². The molecular formula is C17H22N2O. The van der Waals surface area contributed by atoms with E-state index in [0.29, 0.717) is 0 Å². The van der Waals surface area contributed by atoms with Gasteiger partial charge in [0, 0.05) is 25.5 Å². The normalized spacial score (nSPS) is 12.6. The first kappa shape index (κ1) is 14.7. The summed E-state index contributed by atoms with van der Waals surface area (Å²) in [6.07, 6.45) is 5.06. The lowest BCUT2D eigenvalue weighted by molar-refractivity contribution is 0.149. The molecule has 0 saturated carbocycles. The minimum Gasteiger partial charge on any atom is -0.388 e. The SMILES string of the molecule is CN(CCc1ccncc1)CCC(O)c1ccccc1. The summed E-state index contributed by atoms with van der Waals surface area (Å²) in [5.41, 5.74) is 2.30. The molecule has 0 spiro atoms. The van der Waals surface area contributed by atoms with E-state index < -0.39 is 0 Å². The molecule has 3 nitrogen and oxygen atoms in total. The molecule has 0 saturated heterocycles. The largest absolute Gasteiger partial charge is 0.388 e. The molecule has 0 fully saturated rings. The predicted molar refractivity (Wildman–Crippen MR) is 81.5 cm³/mol. The molecule has 1 atom stereocenters. The molecule has 1 aromatic carbocycles. The number of likely N-dealkylation sites (N-methyl/N-ethyl adjacent to an activating group) is 1. The van der Waals surface area contributed by atoms with E-state index in [1.807, 2.05) is 54.9 Å². The molecule has 0 aliphatic rings. The molecule has 1 heterocycles. The Bertz CT molecular complexity index is 487. The number of nitrogens with zero attached hydrogens (tertiary/aromatic N) is 2. The summed E-state index contributed by atoms with van der Waals surface area (Å²) in [5, 5.41) is 10.1. The maximum atomic E-state index is 10.1. The Morgan fingerprint density at radius 3 is 2.45 bits per heavy atom. The van der Waals surface area contributed by atoms with Gasteiger partial charge in [0.15, 0.2) is 0 Å². The van der Waals surface area contributed by atoms with Gasteiger partial charge in [-0.05, 0) is 43.1 Å². The fraction of sp³-hybridized carbons (Fsp3) is 0.353. The first-order valence-electron chi connectivity index (χ1n) is 7.06. The predicted octanol–water partition coefficient (Wildman–Crippen LogP) is 2.68. The monoisotopic (exact) mass is 270 g/mol. The quantitative estimate of drug-likeness (QED) is 0.840. The van der Waals surface area contributed by atoms with Gasteiger partial charge in [-0.2, -0.15) is 0 Å². The topological polar surface area (TPSA) is 36.4 Å². The van der Waals surface area contributed by atoms with Crippen molar-refractivity contribution in [2.45, 2.75) is 18.9 Å². The van der Waals surface area contributed by atoms with Gasteiger partial charge in [-0.15, -0.1) is 0 Å². The molecule has 1 unspecified atom stereocenters. The van der Waals surface area contributed by atoms with E-state index in [-0.39, 0.29) is 6.10 Å². The van der Waals surface area contributed by atoms with Crippen LogP contribution >= 0.6 is 0 Å². The van der Waals surface area contributed by atoms with Gasteiger partial charge in [0.2, 0.25) is 0 Å². The maximum Gasteiger partial charge on any atom is 0.0802 e. The van der Waals surface area contributed by atoms with Crippen molar-refractivity contribution in [1.29, 1.82) is 0 Å². The van der Waals surface area contributed by atoms with Crippen LogP contribution in [0.5, 0.6) is 0 Å². The van der Waals surface area contributed by atoms with E-state index in [4.69, 9.17) is 0 Å². The van der Waals surface area contributed by atoms with Gasteiger partial charge in [-0.1, -0.05) is 30.3 Å². The van der Waals surface area contributed by atoms with Crippen LogP contribution in [0.4, 0.5) is 0 Å². The summed E-state index contributed by atoms with van der Waals surface area (Å²) in [6.45, 7) is 1.88. The molecule has 3 heteroatoms. The zero-order chi connectivity index (χ0) is 14.2. The van der Waals surface area contributed by atoms with Crippen LogP contribution in [0.2, 0.25) is 0 Å². The standard InChI is InChI=1S/C17H22N2O/c1-19(13-9-15-7-11-18-12-8-15)14-10-17(20)16-5-3-2-4-6-16/h2-8,11-12,17,20H,9-10,13-14H2,1H3. The fourth-order valence-corrected chi connectivity index (χ4v) is 2.17. The second-order valence-corrected chi connectivity index (χ2v) is 5.12. The summed E-state index contributed by atoms with van der Waals surface area (Å²) in [7, 11) is 2.10. The molecule has 1 aromatic heterocycles. The van der Waals surface area contributed by atoms with Crippen molar-refractivity contribution in [1.82, 2.24) is 9.88 Å². The Morgan fingerprint density at radius 1 is 1.05 bits per heavy atom. The minimum atomic E-state index is -0.375. The third kappa shape index (κ3) is 4.76. The molecular weight excluding hydrogens is 248 g/mol. The number of aliphatic hydroxyl groups is 1. The highest BCUT2D eigenvalue weighted by molar-refractivity contribution is 5.17. The number of hydrogen-bond acceptors (Lipinski definition) is 3. The van der Waals surface area contributed by atoms with Crippen molar-refractivity contribution in [2.24, 2.45) is 0 Å². The number of benzene rings is 1. The van der Waals surface area contributed by atoms with Crippen molar-refractivity contribution in [3.63, 3.8) is 0 Å². The average Bonchev–Trinajstić information content (AvgIpc) is 2.52. The Labute approximate surface area is 120 Å². The van der Waals surface area contributed by atoms with Crippen LogP contribution in [-0.4, -0.2) is 35.1 Å². The first-order chi connectivity index (χ1) is 9.75. The van der Waals surface area contributed by atoms with Gasteiger partial charge >= 0.3 is 0 Å². The van der Waals surface area contributed by atoms with Gasteiger partial charge in [0.05, 0.1) is 6.10 Å². The summed E-state index contributed by atoms with van der Waals surface area (Å²) in [5.74, 6) is 0. The lowest BCUT2D eigenvalue weighted by Gasteiger charge is -2.19. The fourth-order valence-electron chi connectivity index (χ4n) is 2.17. The van der Waals surface area contributed by atoms with Crippen LogP contribution in [0.25, 0.3) is 0 Å². The van der Waals surface area contributed by atoms with Gasteiger partial charge in [0.25, 0.3) is 0 Å². The van der Waals surface area contributed by atoms with E-state index >= 15 is 0 Å². The van der Waals surface area contributed by atoms with Crippen molar-refractivity contribution in [3.8, 4) is 0 Å². The lowest BCUT2D eigenvalue weighted by Crippen LogP contribution is -2.23. The molecule has 106 valence electrons. The molecule has 20 heavy (non-hydrogen) atoms. The summed E-state index contributed by atoms with van der Waals surface area (Å²) in [6, 6.07) is 13.9. The van der Waals surface area contributed by atoms with Crippen molar-refractivity contribution < 1.29 is 5.11 Å². The summed E-state index contributed by atoms with van der Waals surface area (Å²) in [4.78, 5) is 6.28. The molecule has 2 aromatic rings. The van der Waals surface area contributed by atoms with Gasteiger partial charge in [-0.25, -0.2) is 0 Å². The number of aliphatic hydroxyl groups excluding tert-OH is 1. The minimum absolute atomic E-state index is 0.375. The molecule has 0 bridgehead atoms. The Hall–Kier alpha value is -1.71. The van der Waals surface area contributed by atoms with E-state index in [2.05, 4.69) is 16.9 Å². The highest BCUT2D eigenvalue weighted by Gasteiger charge is 2.08. The van der Waals surface area contributed by atoms with Crippen LogP contribution in [0.1, 0.15) is 23.7 Å². The van der Waals surface area contributed by atoms with E-state index in [1.165, 1.54) is 5.56 Å². The summed E-state index contributed by atoms with van der Waals surface area (Å²) < 4.78 is 0. The molecule has 0 radical (unpaired) electrons. The zero-order valence-corrected chi connectivity index (χ0v) is 11.9. The number of pyridine rings is 1. The van der Waals surface area contributed by atoms with Gasteiger partial charge in [-0.3, -0.25) is 4.98 Å². The van der Waals surface area contributed by atoms with Crippen LogP contribution in [0, 0.1) is 0 Å². The second-order valence-electron chi connectivity index (χ2n) is 5.12. The summed E-state index contributed by atoms with van der Waals surface area (Å²) >= 11 is 0. The van der Waals surface area contributed by atoms with Crippen molar-refractivity contribution in [3.05, 3.63) is 66.0 Å². The number of hydrogen-bond donors (Lipinski definition) is 1. The molecule has 2 rings (SSSR count). The van der Waals surface area contributed by atoms with Crippen LogP contribution in [-0.2, 0) is 6.42 Å².